The van der Waals surface area contributed by atoms with Gasteiger partial charge in [-0.15, -0.1) is 0 Å². The molecule has 0 bridgehead atoms. The van der Waals surface area contributed by atoms with E-state index in [1.807, 2.05) is 6.92 Å². The fourth-order valence-corrected chi connectivity index (χ4v) is 1.86. The van der Waals surface area contributed by atoms with Crippen molar-refractivity contribution in [3.8, 4) is 5.75 Å². The SMILES string of the molecule is CCCNC(=O)CN1C(=O)COc2ccc(N)cc21. The van der Waals surface area contributed by atoms with Crippen LogP contribution in [0.25, 0.3) is 0 Å². The topological polar surface area (TPSA) is 84.7 Å². The van der Waals surface area contributed by atoms with Gasteiger partial charge >= 0.3 is 0 Å². The molecule has 0 fully saturated rings. The zero-order chi connectivity index (χ0) is 13.8. The summed E-state index contributed by atoms with van der Waals surface area (Å²) in [6.45, 7) is 2.49. The summed E-state index contributed by atoms with van der Waals surface area (Å²) in [5.74, 6) is 0.132. The van der Waals surface area contributed by atoms with Crippen molar-refractivity contribution in [3.05, 3.63) is 18.2 Å². The number of carbonyl (C=O) groups is 2. The molecule has 3 N–H and O–H groups in total. The zero-order valence-corrected chi connectivity index (χ0v) is 10.8. The summed E-state index contributed by atoms with van der Waals surface area (Å²) < 4.78 is 5.31. The Morgan fingerprint density at radius 3 is 3.05 bits per heavy atom. The number of nitrogens with two attached hydrogens (primary N) is 1. The zero-order valence-electron chi connectivity index (χ0n) is 10.8. The molecular formula is C13H17N3O3. The van der Waals surface area contributed by atoms with Gasteiger partial charge in [-0.1, -0.05) is 6.92 Å². The average molecular weight is 263 g/mol. The Balaban J connectivity index is 2.18. The Kier molecular flexibility index (Phi) is 3.89. The van der Waals surface area contributed by atoms with Crippen LogP contribution in [0.5, 0.6) is 5.75 Å². The molecule has 102 valence electrons. The van der Waals surface area contributed by atoms with Crippen molar-refractivity contribution >= 4 is 23.2 Å². The lowest BCUT2D eigenvalue weighted by Gasteiger charge is -2.29. The highest BCUT2D eigenvalue weighted by atomic mass is 16.5. The second-order valence-corrected chi connectivity index (χ2v) is 4.35. The molecule has 0 aromatic heterocycles. The third-order valence-corrected chi connectivity index (χ3v) is 2.80. The summed E-state index contributed by atoms with van der Waals surface area (Å²) in [4.78, 5) is 25.0. The number of nitrogens with zero attached hydrogens (tertiary/aromatic N) is 1. The highest BCUT2D eigenvalue weighted by Crippen LogP contribution is 2.33. The molecule has 19 heavy (non-hydrogen) atoms. The standard InChI is InChI=1S/C13H17N3O3/c1-2-5-15-12(17)7-16-10-6-9(14)3-4-11(10)19-8-13(16)18/h3-4,6H,2,5,7-8,14H2,1H3,(H,15,17). The van der Waals surface area contributed by atoms with Gasteiger partial charge in [-0.25, -0.2) is 0 Å². The van der Waals surface area contributed by atoms with Crippen LogP contribution in [0.15, 0.2) is 18.2 Å². The van der Waals surface area contributed by atoms with Gasteiger partial charge in [0.2, 0.25) is 5.91 Å². The Labute approximate surface area is 111 Å². The third-order valence-electron chi connectivity index (χ3n) is 2.80. The highest BCUT2D eigenvalue weighted by molar-refractivity contribution is 6.02. The molecule has 1 aromatic carbocycles. The van der Waals surface area contributed by atoms with Crippen molar-refractivity contribution in [1.29, 1.82) is 0 Å². The predicted molar refractivity (Wildman–Crippen MR) is 72.0 cm³/mol. The lowest BCUT2D eigenvalue weighted by Crippen LogP contribution is -2.45. The third kappa shape index (κ3) is 2.96. The van der Waals surface area contributed by atoms with Crippen LogP contribution >= 0.6 is 0 Å². The fraction of sp³-hybridized carbons (Fsp3) is 0.385. The van der Waals surface area contributed by atoms with Crippen molar-refractivity contribution in [3.63, 3.8) is 0 Å². The largest absolute Gasteiger partial charge is 0.482 e. The fourth-order valence-electron chi connectivity index (χ4n) is 1.86. The number of amides is 2. The van der Waals surface area contributed by atoms with E-state index in [1.165, 1.54) is 4.90 Å². The van der Waals surface area contributed by atoms with Crippen LogP contribution in [0.4, 0.5) is 11.4 Å². The van der Waals surface area contributed by atoms with E-state index in [0.29, 0.717) is 23.7 Å². The number of hydrogen-bond acceptors (Lipinski definition) is 4. The second-order valence-electron chi connectivity index (χ2n) is 4.35. The minimum absolute atomic E-state index is 0.0152. The van der Waals surface area contributed by atoms with E-state index in [1.54, 1.807) is 18.2 Å². The van der Waals surface area contributed by atoms with Gasteiger partial charge < -0.3 is 15.8 Å². The van der Waals surface area contributed by atoms with Crippen LogP contribution in [0.2, 0.25) is 0 Å². The van der Waals surface area contributed by atoms with E-state index < -0.39 is 0 Å². The van der Waals surface area contributed by atoms with Crippen molar-refractivity contribution in [1.82, 2.24) is 5.32 Å². The van der Waals surface area contributed by atoms with Crippen molar-refractivity contribution < 1.29 is 14.3 Å². The Morgan fingerprint density at radius 2 is 2.32 bits per heavy atom. The summed E-state index contributed by atoms with van der Waals surface area (Å²) in [7, 11) is 0. The van der Waals surface area contributed by atoms with Gasteiger partial charge in [0.1, 0.15) is 12.3 Å². The van der Waals surface area contributed by atoms with E-state index in [0.717, 1.165) is 6.42 Å². The molecule has 2 amide bonds. The number of hydrogen-bond donors (Lipinski definition) is 2. The van der Waals surface area contributed by atoms with Gasteiger partial charge in [0.15, 0.2) is 6.61 Å². The minimum Gasteiger partial charge on any atom is -0.482 e. The van der Waals surface area contributed by atoms with Crippen LogP contribution in [0.3, 0.4) is 0 Å². The summed E-state index contributed by atoms with van der Waals surface area (Å²) >= 11 is 0. The monoisotopic (exact) mass is 263 g/mol. The van der Waals surface area contributed by atoms with Gasteiger partial charge in [-0.2, -0.15) is 0 Å². The molecule has 0 aliphatic carbocycles. The van der Waals surface area contributed by atoms with Gasteiger partial charge in [-0.05, 0) is 24.6 Å². The van der Waals surface area contributed by atoms with Crippen molar-refractivity contribution in [2.75, 3.05) is 30.3 Å². The first kappa shape index (κ1) is 13.2. The maximum atomic E-state index is 11.9. The summed E-state index contributed by atoms with van der Waals surface area (Å²) in [5, 5.41) is 2.74. The molecule has 0 spiro atoms. The summed E-state index contributed by atoms with van der Waals surface area (Å²) in [5.41, 5.74) is 6.77. The number of nitrogen functional groups attached to an aromatic ring is 1. The van der Waals surface area contributed by atoms with Crippen LogP contribution in [-0.2, 0) is 9.59 Å². The maximum absolute atomic E-state index is 11.9. The number of carbonyl (C=O) groups excluding carboxylic acids is 2. The van der Waals surface area contributed by atoms with Crippen LogP contribution in [-0.4, -0.2) is 31.5 Å². The normalized spacial score (nSPS) is 13.7. The van der Waals surface area contributed by atoms with E-state index in [2.05, 4.69) is 5.32 Å². The first-order valence-corrected chi connectivity index (χ1v) is 6.21. The quantitative estimate of drug-likeness (QED) is 0.776. The summed E-state index contributed by atoms with van der Waals surface area (Å²) in [6, 6.07) is 5.04. The van der Waals surface area contributed by atoms with E-state index in [-0.39, 0.29) is 25.0 Å². The molecule has 0 atom stereocenters. The highest BCUT2D eigenvalue weighted by Gasteiger charge is 2.27. The molecule has 6 heteroatoms. The van der Waals surface area contributed by atoms with Crippen molar-refractivity contribution in [2.45, 2.75) is 13.3 Å². The van der Waals surface area contributed by atoms with E-state index >= 15 is 0 Å². The molecule has 1 aliphatic heterocycles. The number of anilines is 2. The minimum atomic E-state index is -0.246. The molecule has 1 aromatic rings. The molecule has 1 heterocycles. The number of ether oxygens (including phenoxy) is 1. The Bertz CT molecular complexity index is 502. The lowest BCUT2D eigenvalue weighted by atomic mass is 10.2. The Morgan fingerprint density at radius 1 is 1.53 bits per heavy atom. The molecule has 6 nitrogen and oxygen atoms in total. The molecule has 0 unspecified atom stereocenters. The second kappa shape index (κ2) is 5.60. The van der Waals surface area contributed by atoms with Gasteiger partial charge in [0.05, 0.1) is 5.69 Å². The van der Waals surface area contributed by atoms with Gasteiger partial charge in [0.25, 0.3) is 5.91 Å². The predicted octanol–water partition coefficient (Wildman–Crippen LogP) is 0.520. The lowest BCUT2D eigenvalue weighted by molar-refractivity contribution is -0.125. The number of nitrogens with one attached hydrogen (secondary N) is 1. The van der Waals surface area contributed by atoms with Gasteiger partial charge in [-0.3, -0.25) is 14.5 Å². The molecule has 2 rings (SSSR count). The van der Waals surface area contributed by atoms with Crippen LogP contribution < -0.4 is 20.7 Å². The van der Waals surface area contributed by atoms with Crippen LogP contribution in [0.1, 0.15) is 13.3 Å². The van der Waals surface area contributed by atoms with Crippen LogP contribution in [0, 0.1) is 0 Å². The van der Waals surface area contributed by atoms with Crippen molar-refractivity contribution in [2.24, 2.45) is 0 Å². The van der Waals surface area contributed by atoms with Gasteiger partial charge in [0, 0.05) is 12.2 Å². The van der Waals surface area contributed by atoms with E-state index in [4.69, 9.17) is 10.5 Å². The first-order valence-electron chi connectivity index (χ1n) is 6.21. The molecular weight excluding hydrogens is 246 g/mol. The first-order chi connectivity index (χ1) is 9.11. The molecule has 1 aliphatic rings. The Hall–Kier alpha value is -2.24. The molecule has 0 saturated heterocycles. The molecule has 0 radical (unpaired) electrons. The number of fused-ring (bicyclic) bond motifs is 1. The number of rotatable bonds is 4. The molecule has 0 saturated carbocycles. The number of benzene rings is 1. The maximum Gasteiger partial charge on any atom is 0.265 e. The average Bonchev–Trinajstić information content (AvgIpc) is 2.40. The van der Waals surface area contributed by atoms with E-state index in [9.17, 15) is 9.59 Å². The smallest absolute Gasteiger partial charge is 0.265 e. The summed E-state index contributed by atoms with van der Waals surface area (Å²) in [6.07, 6.45) is 0.854.